The van der Waals surface area contributed by atoms with E-state index in [9.17, 15) is 12.8 Å². The first kappa shape index (κ1) is 16.2. The Bertz CT molecular complexity index is 769. The second-order valence-electron chi connectivity index (χ2n) is 4.00. The number of anilines is 1. The van der Waals surface area contributed by atoms with Crippen molar-refractivity contribution in [3.8, 4) is 0 Å². The predicted molar refractivity (Wildman–Crippen MR) is 80.1 cm³/mol. The van der Waals surface area contributed by atoms with Crippen molar-refractivity contribution in [1.82, 2.24) is 4.98 Å². The molecule has 1 heterocycles. The van der Waals surface area contributed by atoms with E-state index in [1.165, 1.54) is 12.3 Å². The Hall–Kier alpha value is -1.22. The summed E-state index contributed by atoms with van der Waals surface area (Å²) in [5.74, 6) is -0.841. The molecule has 0 aliphatic rings. The Morgan fingerprint density at radius 1 is 1.38 bits per heavy atom. The van der Waals surface area contributed by atoms with E-state index in [0.717, 1.165) is 12.1 Å². The van der Waals surface area contributed by atoms with E-state index in [1.807, 2.05) is 0 Å². The number of aliphatic hydroxyl groups is 1. The Morgan fingerprint density at radius 3 is 2.67 bits per heavy atom. The number of pyridine rings is 1. The van der Waals surface area contributed by atoms with Crippen LogP contribution in [0.15, 0.2) is 39.8 Å². The van der Waals surface area contributed by atoms with E-state index in [1.54, 1.807) is 6.07 Å². The number of nitrogens with one attached hydrogen (secondary N) is 1. The summed E-state index contributed by atoms with van der Waals surface area (Å²) < 4.78 is 40.8. The zero-order valence-corrected chi connectivity index (χ0v) is 13.5. The Kier molecular flexibility index (Phi) is 4.82. The van der Waals surface area contributed by atoms with Crippen LogP contribution in [0, 0.1) is 5.82 Å². The van der Waals surface area contributed by atoms with Gasteiger partial charge in [0.1, 0.15) is 11.6 Å². The summed E-state index contributed by atoms with van der Waals surface area (Å²) in [7, 11) is -4.04. The third-order valence-electron chi connectivity index (χ3n) is 2.52. The van der Waals surface area contributed by atoms with Crippen LogP contribution in [0.1, 0.15) is 5.56 Å². The molecule has 0 atom stereocenters. The summed E-state index contributed by atoms with van der Waals surface area (Å²) in [4.78, 5) is 3.52. The fraction of sp³-hybridized carbons (Fsp3) is 0.0833. The van der Waals surface area contributed by atoms with E-state index in [-0.39, 0.29) is 21.3 Å². The first-order valence-electron chi connectivity index (χ1n) is 5.56. The smallest absolute Gasteiger partial charge is 0.263 e. The average molecular weight is 396 g/mol. The Balaban J connectivity index is 2.40. The number of benzene rings is 1. The second-order valence-corrected chi connectivity index (χ2v) is 6.98. The molecule has 0 spiro atoms. The summed E-state index contributed by atoms with van der Waals surface area (Å²) in [5, 5.41) is 8.76. The van der Waals surface area contributed by atoms with Gasteiger partial charge in [-0.1, -0.05) is 11.6 Å². The lowest BCUT2D eigenvalue weighted by Crippen LogP contribution is -2.14. The number of nitrogens with zero attached hydrogens (tertiary/aromatic N) is 1. The number of hydrogen-bond acceptors (Lipinski definition) is 4. The van der Waals surface area contributed by atoms with Crippen molar-refractivity contribution in [1.29, 1.82) is 0 Å². The van der Waals surface area contributed by atoms with Crippen molar-refractivity contribution in [2.45, 2.75) is 11.5 Å². The minimum absolute atomic E-state index is 0.0131. The van der Waals surface area contributed by atoms with Gasteiger partial charge in [0, 0.05) is 16.2 Å². The van der Waals surface area contributed by atoms with Crippen LogP contribution in [-0.2, 0) is 16.6 Å². The molecule has 0 radical (unpaired) electrons. The molecule has 21 heavy (non-hydrogen) atoms. The number of hydrogen-bond donors (Lipinski definition) is 2. The topological polar surface area (TPSA) is 79.3 Å². The van der Waals surface area contributed by atoms with Crippen molar-refractivity contribution < 1.29 is 17.9 Å². The maximum atomic E-state index is 13.6. The van der Waals surface area contributed by atoms with Gasteiger partial charge in [-0.3, -0.25) is 4.72 Å². The highest BCUT2D eigenvalue weighted by Crippen LogP contribution is 2.25. The minimum atomic E-state index is -4.04. The molecular formula is C12H9BrClFN2O3S. The van der Waals surface area contributed by atoms with Crippen LogP contribution in [-0.4, -0.2) is 18.5 Å². The maximum absolute atomic E-state index is 13.6. The van der Waals surface area contributed by atoms with Gasteiger partial charge in [0.25, 0.3) is 10.0 Å². The summed E-state index contributed by atoms with van der Waals surface area (Å²) in [5.41, 5.74) is -0.0131. The van der Waals surface area contributed by atoms with Gasteiger partial charge in [-0.15, -0.1) is 0 Å². The molecule has 0 fully saturated rings. The molecule has 0 saturated carbocycles. The lowest BCUT2D eigenvalue weighted by molar-refractivity contribution is 0.281. The first-order valence-corrected chi connectivity index (χ1v) is 8.22. The number of rotatable bonds is 4. The highest BCUT2D eigenvalue weighted by atomic mass is 79.9. The van der Waals surface area contributed by atoms with Gasteiger partial charge in [-0.2, -0.15) is 0 Å². The van der Waals surface area contributed by atoms with Gasteiger partial charge < -0.3 is 5.11 Å². The molecule has 0 amide bonds. The molecule has 112 valence electrons. The number of aliphatic hydroxyl groups excluding tert-OH is 1. The van der Waals surface area contributed by atoms with Gasteiger partial charge >= 0.3 is 0 Å². The number of sulfonamides is 1. The molecule has 2 aromatic rings. The van der Waals surface area contributed by atoms with Crippen LogP contribution in [0.3, 0.4) is 0 Å². The largest absolute Gasteiger partial charge is 0.392 e. The zero-order chi connectivity index (χ0) is 15.6. The fourth-order valence-corrected chi connectivity index (χ4v) is 2.99. The average Bonchev–Trinajstić information content (AvgIpc) is 2.44. The predicted octanol–water partition coefficient (Wildman–Crippen LogP) is 2.93. The van der Waals surface area contributed by atoms with Crippen LogP contribution < -0.4 is 4.72 Å². The van der Waals surface area contributed by atoms with Crippen LogP contribution >= 0.6 is 27.5 Å². The zero-order valence-electron chi connectivity index (χ0n) is 10.3. The molecular weight excluding hydrogens is 387 g/mol. The maximum Gasteiger partial charge on any atom is 0.263 e. The van der Waals surface area contributed by atoms with E-state index in [2.05, 4.69) is 25.6 Å². The molecule has 2 N–H and O–H groups in total. The highest BCUT2D eigenvalue weighted by Gasteiger charge is 2.19. The Labute approximate surface area is 134 Å². The van der Waals surface area contributed by atoms with Crippen molar-refractivity contribution in [2.24, 2.45) is 0 Å². The Morgan fingerprint density at radius 2 is 2.10 bits per heavy atom. The SMILES string of the molecule is O=S(=O)(Nc1ccc(Br)cn1)c1cc(F)c(Cl)c(CO)c1. The van der Waals surface area contributed by atoms with Crippen molar-refractivity contribution in [2.75, 3.05) is 4.72 Å². The van der Waals surface area contributed by atoms with Crippen LogP contribution in [0.5, 0.6) is 0 Å². The molecule has 0 bridgehead atoms. The fourth-order valence-electron chi connectivity index (χ4n) is 1.52. The molecule has 5 nitrogen and oxygen atoms in total. The monoisotopic (exact) mass is 394 g/mol. The molecule has 0 aliphatic carbocycles. The minimum Gasteiger partial charge on any atom is -0.392 e. The van der Waals surface area contributed by atoms with Crippen LogP contribution in [0.25, 0.3) is 0 Å². The van der Waals surface area contributed by atoms with Gasteiger partial charge in [-0.25, -0.2) is 17.8 Å². The van der Waals surface area contributed by atoms with Crippen molar-refractivity contribution in [3.05, 3.63) is 51.3 Å². The van der Waals surface area contributed by atoms with Gasteiger partial charge in [0.05, 0.1) is 16.5 Å². The summed E-state index contributed by atoms with van der Waals surface area (Å²) in [6, 6.07) is 4.93. The standard InChI is InChI=1S/C12H9BrClFN2O3S/c13-8-1-2-11(16-5-8)17-21(19,20)9-3-7(6-18)12(14)10(15)4-9/h1-5,18H,6H2,(H,16,17). The number of halogens is 3. The van der Waals surface area contributed by atoms with E-state index in [4.69, 9.17) is 16.7 Å². The molecule has 1 aromatic carbocycles. The summed E-state index contributed by atoms with van der Waals surface area (Å²) in [6.07, 6.45) is 1.42. The van der Waals surface area contributed by atoms with Gasteiger partial charge in [0.15, 0.2) is 0 Å². The van der Waals surface area contributed by atoms with E-state index >= 15 is 0 Å². The third kappa shape index (κ3) is 3.70. The molecule has 0 aliphatic heterocycles. The van der Waals surface area contributed by atoms with Gasteiger partial charge in [0.2, 0.25) is 0 Å². The van der Waals surface area contributed by atoms with E-state index < -0.39 is 22.4 Å². The quantitative estimate of drug-likeness (QED) is 0.834. The molecule has 2 rings (SSSR count). The van der Waals surface area contributed by atoms with Crippen molar-refractivity contribution >= 4 is 43.4 Å². The van der Waals surface area contributed by atoms with Crippen LogP contribution in [0.2, 0.25) is 5.02 Å². The summed E-state index contributed by atoms with van der Waals surface area (Å²) >= 11 is 8.80. The second kappa shape index (κ2) is 6.27. The van der Waals surface area contributed by atoms with Gasteiger partial charge in [-0.05, 0) is 40.2 Å². The molecule has 0 unspecified atom stereocenters. The highest BCUT2D eigenvalue weighted by molar-refractivity contribution is 9.10. The first-order chi connectivity index (χ1) is 9.83. The lowest BCUT2D eigenvalue weighted by Gasteiger charge is -2.10. The van der Waals surface area contributed by atoms with E-state index in [0.29, 0.717) is 4.47 Å². The third-order valence-corrected chi connectivity index (χ3v) is 4.75. The molecule has 0 saturated heterocycles. The molecule has 1 aromatic heterocycles. The number of aromatic nitrogens is 1. The lowest BCUT2D eigenvalue weighted by atomic mass is 10.2. The van der Waals surface area contributed by atoms with Crippen molar-refractivity contribution in [3.63, 3.8) is 0 Å². The molecule has 9 heteroatoms. The summed E-state index contributed by atoms with van der Waals surface area (Å²) in [6.45, 7) is -0.574. The van der Waals surface area contributed by atoms with Crippen LogP contribution in [0.4, 0.5) is 10.2 Å². The normalized spacial score (nSPS) is 11.4.